The number of imidazole rings is 1. The first-order valence-electron chi connectivity index (χ1n) is 6.45. The lowest BCUT2D eigenvalue weighted by atomic mass is 10.3. The minimum Gasteiger partial charge on any atom is -0.336 e. The number of halogens is 1. The number of nitrogens with zero attached hydrogens (tertiary/aromatic N) is 5. The average molecular weight is 296 g/mol. The fourth-order valence-electron chi connectivity index (χ4n) is 1.85. The van der Waals surface area contributed by atoms with Crippen LogP contribution in [0.25, 0.3) is 5.78 Å². The third kappa shape index (κ3) is 3.26. The van der Waals surface area contributed by atoms with Crippen molar-refractivity contribution < 1.29 is 4.79 Å². The molecule has 0 aromatic carbocycles. The van der Waals surface area contributed by atoms with Crippen LogP contribution in [0.5, 0.6) is 0 Å². The van der Waals surface area contributed by atoms with Gasteiger partial charge in [-0.15, -0.1) is 0 Å². The summed E-state index contributed by atoms with van der Waals surface area (Å²) in [5, 5.41) is 0.508. The molecular weight excluding hydrogens is 278 g/mol. The van der Waals surface area contributed by atoms with Gasteiger partial charge in [-0.05, 0) is 21.0 Å². The van der Waals surface area contributed by atoms with E-state index in [-0.39, 0.29) is 5.91 Å². The van der Waals surface area contributed by atoms with Crippen molar-refractivity contribution in [1.29, 1.82) is 0 Å². The quantitative estimate of drug-likeness (QED) is 0.837. The molecule has 2 aromatic rings. The largest absolute Gasteiger partial charge is 0.336 e. The van der Waals surface area contributed by atoms with Gasteiger partial charge in [0.1, 0.15) is 5.69 Å². The summed E-state index contributed by atoms with van der Waals surface area (Å²) in [6, 6.07) is 0. The van der Waals surface area contributed by atoms with Gasteiger partial charge in [0.05, 0.1) is 11.2 Å². The lowest BCUT2D eigenvalue weighted by molar-refractivity contribution is 0.0749. The van der Waals surface area contributed by atoms with Crippen LogP contribution in [-0.4, -0.2) is 63.8 Å². The molecule has 2 aromatic heterocycles. The summed E-state index contributed by atoms with van der Waals surface area (Å²) >= 11 is 5.87. The first kappa shape index (κ1) is 14.7. The van der Waals surface area contributed by atoms with Crippen molar-refractivity contribution in [3.8, 4) is 0 Å². The Morgan fingerprint density at radius 3 is 2.75 bits per heavy atom. The molecule has 0 spiro atoms. The molecule has 0 bridgehead atoms. The molecule has 108 valence electrons. The van der Waals surface area contributed by atoms with Gasteiger partial charge in [-0.3, -0.25) is 9.20 Å². The Balaban J connectivity index is 2.20. The van der Waals surface area contributed by atoms with Gasteiger partial charge < -0.3 is 9.80 Å². The molecule has 0 radical (unpaired) electrons. The standard InChI is InChI=1S/C13H18ClN5O/c1-4-18(6-5-17(2)3)12(20)11-9-19-8-10(14)7-15-13(19)16-11/h7-9H,4-6H2,1-3H3. The molecule has 7 heteroatoms. The Morgan fingerprint density at radius 1 is 1.35 bits per heavy atom. The van der Waals surface area contributed by atoms with Crippen LogP contribution in [0.15, 0.2) is 18.6 Å². The summed E-state index contributed by atoms with van der Waals surface area (Å²) in [6.07, 6.45) is 4.86. The monoisotopic (exact) mass is 295 g/mol. The van der Waals surface area contributed by atoms with Crippen LogP contribution in [0, 0.1) is 0 Å². The predicted octanol–water partition coefficient (Wildman–Crippen LogP) is 1.41. The molecule has 6 nitrogen and oxygen atoms in total. The van der Waals surface area contributed by atoms with E-state index in [1.807, 2.05) is 25.9 Å². The second-order valence-corrected chi connectivity index (χ2v) is 5.23. The van der Waals surface area contributed by atoms with Crippen molar-refractivity contribution in [1.82, 2.24) is 24.2 Å². The van der Waals surface area contributed by atoms with Crippen LogP contribution >= 0.6 is 11.6 Å². The predicted molar refractivity (Wildman–Crippen MR) is 78.1 cm³/mol. The molecule has 0 atom stereocenters. The molecule has 0 saturated heterocycles. The zero-order chi connectivity index (χ0) is 14.7. The smallest absolute Gasteiger partial charge is 0.274 e. The SMILES string of the molecule is CCN(CCN(C)C)C(=O)c1cn2cc(Cl)cnc2n1. The third-order valence-electron chi connectivity index (χ3n) is 2.98. The minimum absolute atomic E-state index is 0.0871. The first-order valence-corrected chi connectivity index (χ1v) is 6.83. The topological polar surface area (TPSA) is 53.7 Å². The number of rotatable bonds is 5. The normalized spacial score (nSPS) is 11.2. The summed E-state index contributed by atoms with van der Waals surface area (Å²) in [7, 11) is 3.96. The van der Waals surface area contributed by atoms with Crippen LogP contribution in [0.1, 0.15) is 17.4 Å². The summed E-state index contributed by atoms with van der Waals surface area (Å²) in [5.41, 5.74) is 0.389. The Morgan fingerprint density at radius 2 is 2.10 bits per heavy atom. The van der Waals surface area contributed by atoms with Crippen molar-refractivity contribution in [2.45, 2.75) is 6.92 Å². The van der Waals surface area contributed by atoms with E-state index in [4.69, 9.17) is 11.6 Å². The van der Waals surface area contributed by atoms with Crippen molar-refractivity contribution in [3.63, 3.8) is 0 Å². The summed E-state index contributed by atoms with van der Waals surface area (Å²) in [4.78, 5) is 24.5. The fraction of sp³-hybridized carbons (Fsp3) is 0.462. The van der Waals surface area contributed by atoms with E-state index < -0.39 is 0 Å². The third-order valence-corrected chi connectivity index (χ3v) is 3.18. The zero-order valence-corrected chi connectivity index (χ0v) is 12.6. The van der Waals surface area contributed by atoms with Crippen molar-refractivity contribution >= 4 is 23.3 Å². The minimum atomic E-state index is -0.0871. The zero-order valence-electron chi connectivity index (χ0n) is 11.9. The summed E-state index contributed by atoms with van der Waals surface area (Å²) in [6.45, 7) is 4.09. The molecule has 0 aliphatic heterocycles. The first-order chi connectivity index (χ1) is 9.51. The van der Waals surface area contributed by atoms with Gasteiger partial charge in [0.25, 0.3) is 5.91 Å². The molecule has 20 heavy (non-hydrogen) atoms. The van der Waals surface area contributed by atoms with Crippen LogP contribution in [0.4, 0.5) is 0 Å². The fourth-order valence-corrected chi connectivity index (χ4v) is 2.00. The number of hydrogen-bond donors (Lipinski definition) is 0. The Kier molecular flexibility index (Phi) is 4.57. The average Bonchev–Trinajstić information content (AvgIpc) is 2.81. The van der Waals surface area contributed by atoms with Gasteiger partial charge in [-0.2, -0.15) is 0 Å². The van der Waals surface area contributed by atoms with E-state index in [0.717, 1.165) is 6.54 Å². The number of fused-ring (bicyclic) bond motifs is 1. The maximum absolute atomic E-state index is 12.4. The Labute approximate surface area is 123 Å². The van der Waals surface area contributed by atoms with Gasteiger partial charge in [0.15, 0.2) is 0 Å². The van der Waals surface area contributed by atoms with Gasteiger partial charge in [-0.1, -0.05) is 11.6 Å². The van der Waals surface area contributed by atoms with Crippen molar-refractivity contribution in [2.24, 2.45) is 0 Å². The van der Waals surface area contributed by atoms with E-state index >= 15 is 0 Å². The van der Waals surface area contributed by atoms with E-state index in [1.54, 1.807) is 21.7 Å². The van der Waals surface area contributed by atoms with Gasteiger partial charge in [0.2, 0.25) is 5.78 Å². The molecule has 0 N–H and O–H groups in total. The van der Waals surface area contributed by atoms with Gasteiger partial charge in [-0.25, -0.2) is 9.97 Å². The number of amides is 1. The summed E-state index contributed by atoms with van der Waals surface area (Å²) < 4.78 is 1.66. The second-order valence-electron chi connectivity index (χ2n) is 4.79. The Bertz CT molecular complexity index is 610. The molecule has 0 fully saturated rings. The molecule has 0 unspecified atom stereocenters. The lowest BCUT2D eigenvalue weighted by Crippen LogP contribution is -2.36. The van der Waals surface area contributed by atoms with Crippen LogP contribution in [0.3, 0.4) is 0 Å². The maximum atomic E-state index is 12.4. The van der Waals surface area contributed by atoms with E-state index in [0.29, 0.717) is 29.6 Å². The Hall–Kier alpha value is -1.66. The maximum Gasteiger partial charge on any atom is 0.274 e. The molecule has 0 saturated carbocycles. The number of hydrogen-bond acceptors (Lipinski definition) is 4. The number of likely N-dealkylation sites (N-methyl/N-ethyl adjacent to an activating group) is 2. The second kappa shape index (κ2) is 6.19. The number of carbonyl (C=O) groups is 1. The van der Waals surface area contributed by atoms with Gasteiger partial charge in [0, 0.05) is 32.0 Å². The van der Waals surface area contributed by atoms with E-state index in [1.165, 1.54) is 6.20 Å². The number of aromatic nitrogens is 3. The molecule has 0 aliphatic carbocycles. The highest BCUT2D eigenvalue weighted by atomic mass is 35.5. The molecule has 2 heterocycles. The molecule has 1 amide bonds. The van der Waals surface area contributed by atoms with Crippen LogP contribution in [0.2, 0.25) is 5.02 Å². The molecule has 0 aliphatic rings. The van der Waals surface area contributed by atoms with Crippen molar-refractivity contribution in [3.05, 3.63) is 29.3 Å². The van der Waals surface area contributed by atoms with Crippen LogP contribution in [-0.2, 0) is 0 Å². The highest BCUT2D eigenvalue weighted by molar-refractivity contribution is 6.30. The highest BCUT2D eigenvalue weighted by Gasteiger charge is 2.18. The van der Waals surface area contributed by atoms with Crippen LogP contribution < -0.4 is 0 Å². The van der Waals surface area contributed by atoms with Gasteiger partial charge >= 0.3 is 0 Å². The summed E-state index contributed by atoms with van der Waals surface area (Å²) in [5.74, 6) is 0.386. The number of carbonyl (C=O) groups excluding carboxylic acids is 1. The highest BCUT2D eigenvalue weighted by Crippen LogP contribution is 2.10. The van der Waals surface area contributed by atoms with E-state index in [9.17, 15) is 4.79 Å². The lowest BCUT2D eigenvalue weighted by Gasteiger charge is -2.21. The molecule has 2 rings (SSSR count). The van der Waals surface area contributed by atoms with Crippen molar-refractivity contribution in [2.75, 3.05) is 33.7 Å². The molecular formula is C13H18ClN5O. The van der Waals surface area contributed by atoms with E-state index in [2.05, 4.69) is 9.97 Å².